The van der Waals surface area contributed by atoms with Crippen LogP contribution in [0.4, 0.5) is 9.18 Å². The van der Waals surface area contributed by atoms with E-state index in [0.29, 0.717) is 42.3 Å². The van der Waals surface area contributed by atoms with Crippen molar-refractivity contribution in [3.05, 3.63) is 59.3 Å². The largest absolute Gasteiger partial charge is 0.445 e. The molecule has 1 fully saturated rings. The average Bonchev–Trinajstić information content (AvgIpc) is 3.13. The third kappa shape index (κ3) is 3.75. The quantitative estimate of drug-likeness (QED) is 0.766. The van der Waals surface area contributed by atoms with Gasteiger partial charge in [-0.25, -0.2) is 19.2 Å². The normalized spacial score (nSPS) is 17.3. The number of pyridine rings is 1. The van der Waals surface area contributed by atoms with Gasteiger partial charge in [-0.2, -0.15) is 0 Å². The molecule has 1 aromatic carbocycles. The van der Waals surface area contributed by atoms with E-state index in [1.165, 1.54) is 6.07 Å². The minimum atomic E-state index is -0.460. The van der Waals surface area contributed by atoms with Crippen molar-refractivity contribution < 1.29 is 18.7 Å². The molecule has 1 atom stereocenters. The molecule has 1 N–H and O–H groups in total. The Morgan fingerprint density at radius 3 is 3.15 bits per heavy atom. The molecule has 140 valence electrons. The van der Waals surface area contributed by atoms with Crippen molar-refractivity contribution in [1.29, 1.82) is 0 Å². The second-order valence-corrected chi connectivity index (χ2v) is 6.44. The van der Waals surface area contributed by atoms with E-state index in [1.54, 1.807) is 30.2 Å². The lowest BCUT2D eigenvalue weighted by Gasteiger charge is -2.31. The van der Waals surface area contributed by atoms with Crippen LogP contribution in [0.15, 0.2) is 36.5 Å². The van der Waals surface area contributed by atoms with E-state index < -0.39 is 6.09 Å². The number of hydrogen-bond acceptors (Lipinski definition) is 5. The molecule has 3 aromatic rings. The predicted molar refractivity (Wildman–Crippen MR) is 95.5 cm³/mol. The Balaban J connectivity index is 1.39. The number of carbonyl (C=O) groups excluding carboxylic acids is 1. The lowest BCUT2D eigenvalue weighted by molar-refractivity contribution is -0.0330. The summed E-state index contributed by atoms with van der Waals surface area (Å²) in [5.74, 6) is 0.315. The van der Waals surface area contributed by atoms with Gasteiger partial charge in [-0.1, -0.05) is 12.1 Å². The number of aromatic amines is 1. The highest BCUT2D eigenvalue weighted by Crippen LogP contribution is 2.22. The maximum Gasteiger partial charge on any atom is 0.410 e. The number of fused-ring (bicyclic) bond motifs is 1. The maximum atomic E-state index is 13.6. The Morgan fingerprint density at radius 2 is 2.33 bits per heavy atom. The van der Waals surface area contributed by atoms with Gasteiger partial charge in [0.1, 0.15) is 29.9 Å². The van der Waals surface area contributed by atoms with E-state index in [1.807, 2.05) is 12.1 Å². The van der Waals surface area contributed by atoms with E-state index in [2.05, 4.69) is 15.0 Å². The molecular formula is C19H19FN4O3. The highest BCUT2D eigenvalue weighted by Gasteiger charge is 2.28. The molecule has 4 rings (SSSR count). The van der Waals surface area contributed by atoms with Gasteiger partial charge in [-0.3, -0.25) is 0 Å². The van der Waals surface area contributed by atoms with Crippen molar-refractivity contribution in [2.75, 3.05) is 19.7 Å². The van der Waals surface area contributed by atoms with Gasteiger partial charge in [0.2, 0.25) is 0 Å². The average molecular weight is 370 g/mol. The van der Waals surface area contributed by atoms with Crippen LogP contribution >= 0.6 is 0 Å². The SMILES string of the molecule is Cc1ccc(COC(=O)N2CCO[C@H](c3nc4cccnc4[nH]3)C2)cc1F. The van der Waals surface area contributed by atoms with Crippen LogP contribution in [0.2, 0.25) is 0 Å². The molecule has 2 aromatic heterocycles. The summed E-state index contributed by atoms with van der Waals surface area (Å²) in [7, 11) is 0. The van der Waals surface area contributed by atoms with Gasteiger partial charge in [0.25, 0.3) is 0 Å². The fourth-order valence-corrected chi connectivity index (χ4v) is 2.96. The topological polar surface area (TPSA) is 80.3 Å². The van der Waals surface area contributed by atoms with Crippen LogP contribution in [0.1, 0.15) is 23.1 Å². The summed E-state index contributed by atoms with van der Waals surface area (Å²) < 4.78 is 24.7. The van der Waals surface area contributed by atoms with Crippen molar-refractivity contribution in [3.63, 3.8) is 0 Å². The van der Waals surface area contributed by atoms with Crippen LogP contribution in [0.5, 0.6) is 0 Å². The molecule has 8 heteroatoms. The molecule has 1 amide bonds. The smallest absolute Gasteiger partial charge is 0.410 e. The summed E-state index contributed by atoms with van der Waals surface area (Å²) in [5.41, 5.74) is 2.59. The predicted octanol–water partition coefficient (Wildman–Crippen LogP) is 3.12. The van der Waals surface area contributed by atoms with Gasteiger partial charge in [0, 0.05) is 12.7 Å². The molecular weight excluding hydrogens is 351 g/mol. The Bertz CT molecular complexity index is 941. The lowest BCUT2D eigenvalue weighted by atomic mass is 10.1. The van der Waals surface area contributed by atoms with Crippen LogP contribution in [-0.2, 0) is 16.1 Å². The van der Waals surface area contributed by atoms with E-state index in [0.717, 1.165) is 5.52 Å². The summed E-state index contributed by atoms with van der Waals surface area (Å²) in [6.45, 7) is 2.83. The first-order valence-corrected chi connectivity index (χ1v) is 8.69. The Kier molecular flexibility index (Phi) is 4.72. The number of nitrogens with zero attached hydrogens (tertiary/aromatic N) is 3. The molecule has 0 aliphatic carbocycles. The number of hydrogen-bond donors (Lipinski definition) is 1. The molecule has 0 spiro atoms. The first-order chi connectivity index (χ1) is 13.1. The second-order valence-electron chi connectivity index (χ2n) is 6.44. The molecule has 7 nitrogen and oxygen atoms in total. The van der Waals surface area contributed by atoms with E-state index in [-0.39, 0.29) is 18.5 Å². The van der Waals surface area contributed by atoms with Crippen LogP contribution in [0.25, 0.3) is 11.2 Å². The highest BCUT2D eigenvalue weighted by molar-refractivity contribution is 5.70. The lowest BCUT2D eigenvalue weighted by Crippen LogP contribution is -2.42. The third-order valence-electron chi connectivity index (χ3n) is 4.50. The van der Waals surface area contributed by atoms with Crippen molar-refractivity contribution in [2.45, 2.75) is 19.6 Å². The fourth-order valence-electron chi connectivity index (χ4n) is 2.96. The molecule has 1 saturated heterocycles. The summed E-state index contributed by atoms with van der Waals surface area (Å²) >= 11 is 0. The summed E-state index contributed by atoms with van der Waals surface area (Å²) in [4.78, 5) is 25.8. The second kappa shape index (κ2) is 7.32. The molecule has 3 heterocycles. The van der Waals surface area contributed by atoms with Crippen molar-refractivity contribution in [1.82, 2.24) is 19.9 Å². The number of amides is 1. The van der Waals surface area contributed by atoms with E-state index >= 15 is 0 Å². The first-order valence-electron chi connectivity index (χ1n) is 8.69. The summed E-state index contributed by atoms with van der Waals surface area (Å²) in [6.07, 6.45) is 0.847. The van der Waals surface area contributed by atoms with Crippen LogP contribution in [-0.4, -0.2) is 45.6 Å². The Morgan fingerprint density at radius 1 is 1.44 bits per heavy atom. The number of H-pyrrole nitrogens is 1. The van der Waals surface area contributed by atoms with Gasteiger partial charge >= 0.3 is 6.09 Å². The van der Waals surface area contributed by atoms with Gasteiger partial charge in [-0.05, 0) is 36.2 Å². The minimum Gasteiger partial charge on any atom is -0.445 e. The number of aromatic nitrogens is 3. The van der Waals surface area contributed by atoms with Gasteiger partial charge in [-0.15, -0.1) is 0 Å². The zero-order valence-electron chi connectivity index (χ0n) is 14.8. The van der Waals surface area contributed by atoms with Crippen LogP contribution in [0, 0.1) is 12.7 Å². The zero-order valence-corrected chi connectivity index (χ0v) is 14.8. The number of morpholine rings is 1. The maximum absolute atomic E-state index is 13.6. The molecule has 0 radical (unpaired) electrons. The Labute approximate surface area is 155 Å². The standard InChI is InChI=1S/C19H19FN4O3/c1-12-4-5-13(9-14(12)20)11-27-19(25)24-7-8-26-16(10-24)18-22-15-3-2-6-21-17(15)23-18/h2-6,9,16H,7-8,10-11H2,1H3,(H,21,22,23)/t16-/m0/s1. The number of imidazole rings is 1. The van der Waals surface area contributed by atoms with Crippen LogP contribution < -0.4 is 0 Å². The molecule has 0 saturated carbocycles. The summed E-state index contributed by atoms with van der Waals surface area (Å²) in [5, 5.41) is 0. The van der Waals surface area contributed by atoms with E-state index in [4.69, 9.17) is 9.47 Å². The number of nitrogens with one attached hydrogen (secondary N) is 1. The fraction of sp³-hybridized carbons (Fsp3) is 0.316. The number of aryl methyl sites for hydroxylation is 1. The summed E-state index contributed by atoms with van der Waals surface area (Å²) in [6, 6.07) is 8.46. The van der Waals surface area contributed by atoms with Crippen LogP contribution in [0.3, 0.4) is 0 Å². The minimum absolute atomic E-state index is 0.0205. The van der Waals surface area contributed by atoms with Crippen molar-refractivity contribution in [3.8, 4) is 0 Å². The molecule has 27 heavy (non-hydrogen) atoms. The highest BCUT2D eigenvalue weighted by atomic mass is 19.1. The number of rotatable bonds is 3. The van der Waals surface area contributed by atoms with Gasteiger partial charge in [0.05, 0.1) is 13.2 Å². The number of carbonyl (C=O) groups is 1. The molecule has 0 unspecified atom stereocenters. The van der Waals surface area contributed by atoms with E-state index in [9.17, 15) is 9.18 Å². The number of halogens is 1. The number of benzene rings is 1. The van der Waals surface area contributed by atoms with Crippen molar-refractivity contribution >= 4 is 17.3 Å². The molecule has 0 bridgehead atoms. The third-order valence-corrected chi connectivity index (χ3v) is 4.50. The van der Waals surface area contributed by atoms with Gasteiger partial charge in [0.15, 0.2) is 5.65 Å². The van der Waals surface area contributed by atoms with Gasteiger partial charge < -0.3 is 19.4 Å². The molecule has 1 aliphatic heterocycles. The molecule has 1 aliphatic rings. The van der Waals surface area contributed by atoms with Crippen molar-refractivity contribution in [2.24, 2.45) is 0 Å². The number of ether oxygens (including phenoxy) is 2. The zero-order chi connectivity index (χ0) is 18.8. The Hall–Kier alpha value is -3.00. The first kappa shape index (κ1) is 17.4. The monoisotopic (exact) mass is 370 g/mol.